The Hall–Kier alpha value is -2.57. The van der Waals surface area contributed by atoms with E-state index in [-0.39, 0.29) is 24.4 Å². The van der Waals surface area contributed by atoms with E-state index in [2.05, 4.69) is 10.6 Å². The van der Waals surface area contributed by atoms with Crippen molar-refractivity contribution in [3.8, 4) is 0 Å². The van der Waals surface area contributed by atoms with Gasteiger partial charge < -0.3 is 20.3 Å². The Bertz CT molecular complexity index is 760. The summed E-state index contributed by atoms with van der Waals surface area (Å²) in [5.74, 6) is -0.639. The normalized spacial score (nSPS) is 12.9. The van der Waals surface area contributed by atoms with Gasteiger partial charge in [0.05, 0.1) is 0 Å². The number of nitrogens with one attached hydrogen (secondary N) is 2. The molecule has 2 N–H and O–H groups in total. The number of rotatable bonds is 6. The first kappa shape index (κ1) is 25.5. The minimum absolute atomic E-state index is 0.0826. The van der Waals surface area contributed by atoms with Gasteiger partial charge in [-0.1, -0.05) is 24.3 Å². The van der Waals surface area contributed by atoms with Crippen molar-refractivity contribution in [1.29, 1.82) is 0 Å². The molecule has 30 heavy (non-hydrogen) atoms. The number of benzene rings is 1. The standard InChI is InChI=1S/C23H37N3O4/c1-15(2)25-20(28)19(17-13-11-10-12-16(17)3)26(22(4,5)6)18(27)14-24-21(29)30-23(7,8)9/h10-13,15,19H,14H2,1-9H3,(H,24,29)(H,25,28). The van der Waals surface area contributed by atoms with Crippen LogP contribution in [0, 0.1) is 6.92 Å². The van der Waals surface area contributed by atoms with Crippen LogP contribution >= 0.6 is 0 Å². The van der Waals surface area contributed by atoms with Crippen molar-refractivity contribution in [3.05, 3.63) is 35.4 Å². The number of aryl methyl sites for hydroxylation is 1. The van der Waals surface area contributed by atoms with Crippen LogP contribution in [0.25, 0.3) is 0 Å². The van der Waals surface area contributed by atoms with Crippen LogP contribution in [-0.2, 0) is 14.3 Å². The predicted octanol–water partition coefficient (Wildman–Crippen LogP) is 3.71. The number of hydrogen-bond acceptors (Lipinski definition) is 4. The maximum Gasteiger partial charge on any atom is 0.408 e. The van der Waals surface area contributed by atoms with E-state index in [1.807, 2.05) is 65.8 Å². The fourth-order valence-electron chi connectivity index (χ4n) is 3.11. The Balaban J connectivity index is 3.28. The Morgan fingerprint density at radius 2 is 1.60 bits per heavy atom. The number of ether oxygens (including phenoxy) is 1. The van der Waals surface area contributed by atoms with E-state index in [9.17, 15) is 14.4 Å². The summed E-state index contributed by atoms with van der Waals surface area (Å²) in [5.41, 5.74) is 0.311. The Kier molecular flexibility index (Phi) is 8.45. The number of amides is 3. The highest BCUT2D eigenvalue weighted by Gasteiger charge is 2.39. The van der Waals surface area contributed by atoms with E-state index in [0.29, 0.717) is 0 Å². The summed E-state index contributed by atoms with van der Waals surface area (Å²) in [7, 11) is 0. The van der Waals surface area contributed by atoms with Crippen molar-refractivity contribution < 1.29 is 19.1 Å². The first-order valence-electron chi connectivity index (χ1n) is 10.3. The molecule has 1 rings (SSSR count). The van der Waals surface area contributed by atoms with Gasteiger partial charge in [-0.3, -0.25) is 9.59 Å². The second-order valence-electron chi connectivity index (χ2n) is 9.71. The molecule has 3 amide bonds. The molecule has 0 aliphatic heterocycles. The lowest BCUT2D eigenvalue weighted by atomic mass is 9.93. The minimum Gasteiger partial charge on any atom is -0.444 e. The highest BCUT2D eigenvalue weighted by atomic mass is 16.6. The van der Waals surface area contributed by atoms with Crippen LogP contribution in [0.5, 0.6) is 0 Å². The third-order valence-electron chi connectivity index (χ3n) is 4.19. The zero-order valence-corrected chi connectivity index (χ0v) is 19.8. The molecule has 7 nitrogen and oxygen atoms in total. The van der Waals surface area contributed by atoms with Crippen molar-refractivity contribution >= 4 is 17.9 Å². The van der Waals surface area contributed by atoms with Gasteiger partial charge in [0.25, 0.3) is 0 Å². The van der Waals surface area contributed by atoms with Gasteiger partial charge in [0.1, 0.15) is 18.2 Å². The van der Waals surface area contributed by atoms with E-state index >= 15 is 0 Å². The second kappa shape index (κ2) is 9.96. The van der Waals surface area contributed by atoms with Crippen LogP contribution in [0.4, 0.5) is 4.79 Å². The van der Waals surface area contributed by atoms with Gasteiger partial charge in [-0.15, -0.1) is 0 Å². The zero-order chi connectivity index (χ0) is 23.3. The van der Waals surface area contributed by atoms with Gasteiger partial charge in [0, 0.05) is 11.6 Å². The van der Waals surface area contributed by atoms with Crippen LogP contribution in [0.1, 0.15) is 72.6 Å². The first-order chi connectivity index (χ1) is 13.6. The maximum atomic E-state index is 13.3. The van der Waals surface area contributed by atoms with Crippen LogP contribution in [-0.4, -0.2) is 46.5 Å². The molecular formula is C23H37N3O4. The minimum atomic E-state index is -0.832. The van der Waals surface area contributed by atoms with Crippen molar-refractivity contribution in [2.45, 2.75) is 85.5 Å². The Labute approximate surface area is 180 Å². The number of carbonyl (C=O) groups excluding carboxylic acids is 3. The maximum absolute atomic E-state index is 13.3. The molecule has 7 heteroatoms. The summed E-state index contributed by atoms with van der Waals surface area (Å²) in [6.45, 7) is 16.2. The van der Waals surface area contributed by atoms with Crippen molar-refractivity contribution in [3.63, 3.8) is 0 Å². The molecule has 0 heterocycles. The van der Waals surface area contributed by atoms with E-state index in [4.69, 9.17) is 4.74 Å². The SMILES string of the molecule is Cc1ccccc1C(C(=O)NC(C)C)N(C(=O)CNC(=O)OC(C)(C)C)C(C)(C)C. The van der Waals surface area contributed by atoms with Gasteiger partial charge in [-0.25, -0.2) is 4.79 Å². The van der Waals surface area contributed by atoms with Crippen molar-refractivity contribution in [1.82, 2.24) is 15.5 Å². The van der Waals surface area contributed by atoms with E-state index in [0.717, 1.165) is 11.1 Å². The summed E-state index contributed by atoms with van der Waals surface area (Å²) >= 11 is 0. The monoisotopic (exact) mass is 419 g/mol. The average Bonchev–Trinajstić information content (AvgIpc) is 2.55. The lowest BCUT2D eigenvalue weighted by molar-refractivity contribution is -0.146. The van der Waals surface area contributed by atoms with Crippen LogP contribution in [0.3, 0.4) is 0 Å². The van der Waals surface area contributed by atoms with Crippen molar-refractivity contribution in [2.24, 2.45) is 0 Å². The van der Waals surface area contributed by atoms with Crippen molar-refractivity contribution in [2.75, 3.05) is 6.54 Å². The fourth-order valence-corrected chi connectivity index (χ4v) is 3.11. The number of hydrogen-bond donors (Lipinski definition) is 2. The smallest absolute Gasteiger partial charge is 0.408 e. The Morgan fingerprint density at radius 3 is 2.07 bits per heavy atom. The third kappa shape index (κ3) is 7.69. The average molecular weight is 420 g/mol. The lowest BCUT2D eigenvalue weighted by Crippen LogP contribution is -2.55. The largest absolute Gasteiger partial charge is 0.444 e. The van der Waals surface area contributed by atoms with Crippen LogP contribution < -0.4 is 10.6 Å². The third-order valence-corrected chi connectivity index (χ3v) is 4.19. The summed E-state index contributed by atoms with van der Waals surface area (Å²) in [6.07, 6.45) is -0.677. The quantitative estimate of drug-likeness (QED) is 0.736. The van der Waals surface area contributed by atoms with E-state index in [1.165, 1.54) is 4.90 Å². The molecule has 0 saturated heterocycles. The predicted molar refractivity (Wildman–Crippen MR) is 118 cm³/mol. The molecule has 1 aromatic carbocycles. The highest BCUT2D eigenvalue weighted by molar-refractivity contribution is 5.91. The molecule has 0 saturated carbocycles. The molecule has 0 aliphatic carbocycles. The van der Waals surface area contributed by atoms with Crippen LogP contribution in [0.15, 0.2) is 24.3 Å². The molecule has 1 aromatic rings. The highest BCUT2D eigenvalue weighted by Crippen LogP contribution is 2.31. The van der Waals surface area contributed by atoms with E-state index in [1.54, 1.807) is 20.8 Å². The zero-order valence-electron chi connectivity index (χ0n) is 19.8. The molecule has 0 spiro atoms. The summed E-state index contributed by atoms with van der Waals surface area (Å²) < 4.78 is 5.22. The molecule has 0 aromatic heterocycles. The molecular weight excluding hydrogens is 382 g/mol. The number of carbonyl (C=O) groups is 3. The van der Waals surface area contributed by atoms with Gasteiger partial charge in [-0.2, -0.15) is 0 Å². The number of nitrogens with zero attached hydrogens (tertiary/aromatic N) is 1. The molecule has 0 fully saturated rings. The first-order valence-corrected chi connectivity index (χ1v) is 10.3. The molecule has 168 valence electrons. The number of alkyl carbamates (subject to hydrolysis) is 1. The van der Waals surface area contributed by atoms with Gasteiger partial charge in [0.15, 0.2) is 0 Å². The molecule has 1 unspecified atom stereocenters. The van der Waals surface area contributed by atoms with Crippen LogP contribution in [0.2, 0.25) is 0 Å². The molecule has 0 radical (unpaired) electrons. The summed E-state index contributed by atoms with van der Waals surface area (Å²) in [4.78, 5) is 40.0. The topological polar surface area (TPSA) is 87.7 Å². The fraction of sp³-hybridized carbons (Fsp3) is 0.609. The molecule has 1 atom stereocenters. The van der Waals surface area contributed by atoms with Gasteiger partial charge in [0.2, 0.25) is 11.8 Å². The second-order valence-corrected chi connectivity index (χ2v) is 9.71. The molecule has 0 bridgehead atoms. The van der Waals surface area contributed by atoms with Gasteiger partial charge >= 0.3 is 6.09 Å². The van der Waals surface area contributed by atoms with E-state index < -0.39 is 23.3 Å². The Morgan fingerprint density at radius 1 is 1.03 bits per heavy atom. The summed E-state index contributed by atoms with van der Waals surface area (Å²) in [6, 6.07) is 6.59. The molecule has 0 aliphatic rings. The van der Waals surface area contributed by atoms with Gasteiger partial charge in [-0.05, 0) is 73.4 Å². The lowest BCUT2D eigenvalue weighted by Gasteiger charge is -2.42. The summed E-state index contributed by atoms with van der Waals surface area (Å²) in [5, 5.41) is 5.44.